The molecule has 0 saturated heterocycles. The Bertz CT molecular complexity index is 340. The number of pyridine rings is 1. The van der Waals surface area contributed by atoms with E-state index in [1.807, 2.05) is 0 Å². The quantitative estimate of drug-likeness (QED) is 0.631. The molecule has 0 aliphatic rings. The summed E-state index contributed by atoms with van der Waals surface area (Å²) in [5.41, 5.74) is 0.237. The average molecular weight is 281 g/mol. The molecule has 1 rings (SSSR count). The van der Waals surface area contributed by atoms with Crippen molar-refractivity contribution in [3.8, 4) is 0 Å². The van der Waals surface area contributed by atoms with Crippen molar-refractivity contribution >= 4 is 28.6 Å². The number of aromatic nitrogens is 1. The summed E-state index contributed by atoms with van der Waals surface area (Å²) >= 11 is 1.65. The molecule has 0 atom stereocenters. The number of nitrogens with zero attached hydrogens (tertiary/aromatic N) is 1. The number of hydrogen-bond acceptors (Lipinski definition) is 2. The highest BCUT2D eigenvalue weighted by Gasteiger charge is 2.12. The Balaban J connectivity index is 3.33. The minimum atomic E-state index is -1.13. The molecule has 0 spiro atoms. The monoisotopic (exact) mass is 281 g/mol. The molecule has 5 heteroatoms. The van der Waals surface area contributed by atoms with Gasteiger partial charge in [-0.3, -0.25) is 0 Å². The molecule has 0 aromatic carbocycles. The van der Waals surface area contributed by atoms with Crippen LogP contribution >= 0.6 is 22.6 Å². The van der Waals surface area contributed by atoms with Gasteiger partial charge in [0, 0.05) is 0 Å². The Kier molecular flexibility index (Phi) is 2.61. The fraction of sp³-hybridized carbons (Fsp3) is 0.143. The summed E-state index contributed by atoms with van der Waals surface area (Å²) in [7, 11) is 0. The van der Waals surface area contributed by atoms with Crippen LogP contribution in [0.15, 0.2) is 6.07 Å². The van der Waals surface area contributed by atoms with Crippen LogP contribution in [0.1, 0.15) is 16.1 Å². The van der Waals surface area contributed by atoms with Crippen molar-refractivity contribution in [3.05, 3.63) is 26.8 Å². The first-order chi connectivity index (χ1) is 5.52. The zero-order valence-electron chi connectivity index (χ0n) is 6.14. The smallest absolute Gasteiger partial charge is 0.354 e. The minimum absolute atomic E-state index is 0.0793. The highest BCUT2D eigenvalue weighted by molar-refractivity contribution is 14.1. The molecule has 0 unspecified atom stereocenters. The molecule has 64 valence electrons. The van der Waals surface area contributed by atoms with Crippen LogP contribution in [0.2, 0.25) is 0 Å². The predicted molar refractivity (Wildman–Crippen MR) is 48.6 cm³/mol. The second-order valence-corrected chi connectivity index (χ2v) is 3.25. The Morgan fingerprint density at radius 1 is 1.75 bits per heavy atom. The lowest BCUT2D eigenvalue weighted by atomic mass is 10.2. The Morgan fingerprint density at radius 3 is 2.83 bits per heavy atom. The zero-order valence-corrected chi connectivity index (χ0v) is 8.29. The number of carboxylic acids is 1. The van der Waals surface area contributed by atoms with Gasteiger partial charge >= 0.3 is 5.97 Å². The molecular formula is C7H5FINO2. The van der Waals surface area contributed by atoms with Crippen LogP contribution in [0.4, 0.5) is 4.39 Å². The van der Waals surface area contributed by atoms with Crippen LogP contribution < -0.4 is 0 Å². The predicted octanol–water partition coefficient (Wildman–Crippen LogP) is 1.83. The number of carbonyl (C=O) groups is 1. The minimum Gasteiger partial charge on any atom is -0.477 e. The zero-order chi connectivity index (χ0) is 9.30. The highest BCUT2D eigenvalue weighted by Crippen LogP contribution is 2.12. The Labute approximate surface area is 81.8 Å². The number of halogens is 2. The van der Waals surface area contributed by atoms with E-state index >= 15 is 0 Å². The molecule has 0 bridgehead atoms. The van der Waals surface area contributed by atoms with Crippen LogP contribution in [-0.2, 0) is 0 Å². The third-order valence-corrected chi connectivity index (χ3v) is 2.08. The molecule has 1 N–H and O–H groups in total. The topological polar surface area (TPSA) is 50.2 Å². The molecule has 0 aliphatic carbocycles. The molecule has 1 aromatic heterocycles. The lowest BCUT2D eigenvalue weighted by Gasteiger charge is -2.00. The van der Waals surface area contributed by atoms with E-state index in [-0.39, 0.29) is 9.39 Å². The Hall–Kier alpha value is -0.720. The van der Waals surface area contributed by atoms with Gasteiger partial charge in [0.1, 0.15) is 3.70 Å². The fourth-order valence-electron chi connectivity index (χ4n) is 0.774. The van der Waals surface area contributed by atoms with Gasteiger partial charge in [0.05, 0.1) is 0 Å². The van der Waals surface area contributed by atoms with Gasteiger partial charge in [0.25, 0.3) is 0 Å². The molecule has 0 saturated carbocycles. The number of aryl methyl sites for hydroxylation is 1. The standard InChI is InChI=1S/C7H5FINO2/c1-3-2-4(8)6(9)10-5(3)7(11)12/h2H,1H3,(H,11,12). The molecule has 1 heterocycles. The van der Waals surface area contributed by atoms with E-state index in [2.05, 4.69) is 4.98 Å². The summed E-state index contributed by atoms with van der Waals surface area (Å²) in [5.74, 6) is -1.62. The van der Waals surface area contributed by atoms with Crippen molar-refractivity contribution in [2.75, 3.05) is 0 Å². The second-order valence-electron chi connectivity index (χ2n) is 2.23. The molecule has 0 radical (unpaired) electrons. The van der Waals surface area contributed by atoms with Crippen molar-refractivity contribution in [2.24, 2.45) is 0 Å². The van der Waals surface area contributed by atoms with Gasteiger partial charge < -0.3 is 5.11 Å². The SMILES string of the molecule is Cc1cc(F)c(I)nc1C(=O)O. The van der Waals surface area contributed by atoms with E-state index in [0.717, 1.165) is 6.07 Å². The highest BCUT2D eigenvalue weighted by atomic mass is 127. The molecule has 1 aromatic rings. The van der Waals surface area contributed by atoms with E-state index in [9.17, 15) is 9.18 Å². The van der Waals surface area contributed by atoms with E-state index in [1.54, 1.807) is 22.6 Å². The summed E-state index contributed by atoms with van der Waals surface area (Å²) in [4.78, 5) is 14.1. The summed E-state index contributed by atoms with van der Waals surface area (Å²) in [6.45, 7) is 1.51. The van der Waals surface area contributed by atoms with E-state index in [1.165, 1.54) is 6.92 Å². The summed E-state index contributed by atoms with van der Waals surface area (Å²) in [6.07, 6.45) is 0. The van der Waals surface area contributed by atoms with Gasteiger partial charge in [-0.2, -0.15) is 0 Å². The average Bonchev–Trinajstić information content (AvgIpc) is 1.96. The number of rotatable bonds is 1. The summed E-state index contributed by atoms with van der Waals surface area (Å²) in [5, 5.41) is 8.59. The maximum atomic E-state index is 12.8. The van der Waals surface area contributed by atoms with Crippen LogP contribution in [0.3, 0.4) is 0 Å². The van der Waals surface area contributed by atoms with Crippen molar-refractivity contribution in [3.63, 3.8) is 0 Å². The molecule has 0 fully saturated rings. The first kappa shape index (κ1) is 9.37. The van der Waals surface area contributed by atoms with Gasteiger partial charge in [0.15, 0.2) is 11.5 Å². The fourth-order valence-corrected chi connectivity index (χ4v) is 1.17. The van der Waals surface area contributed by atoms with Gasteiger partial charge in [-0.1, -0.05) is 0 Å². The summed E-state index contributed by atoms with van der Waals surface area (Å²) < 4.78 is 12.8. The molecule has 0 amide bonds. The van der Waals surface area contributed by atoms with Gasteiger partial charge in [0.2, 0.25) is 0 Å². The van der Waals surface area contributed by atoms with E-state index in [4.69, 9.17) is 5.11 Å². The number of carboxylic acid groups (broad SMARTS) is 1. The van der Waals surface area contributed by atoms with Crippen LogP contribution in [0, 0.1) is 16.4 Å². The number of hydrogen-bond donors (Lipinski definition) is 1. The van der Waals surface area contributed by atoms with Crippen molar-refractivity contribution in [2.45, 2.75) is 6.92 Å². The second kappa shape index (κ2) is 3.34. The maximum absolute atomic E-state index is 12.8. The molecule has 12 heavy (non-hydrogen) atoms. The van der Waals surface area contributed by atoms with Crippen LogP contribution in [-0.4, -0.2) is 16.1 Å². The van der Waals surface area contributed by atoms with Crippen molar-refractivity contribution in [1.29, 1.82) is 0 Å². The lowest BCUT2D eigenvalue weighted by molar-refractivity contribution is 0.0689. The van der Waals surface area contributed by atoms with E-state index < -0.39 is 11.8 Å². The molecular weight excluding hydrogens is 276 g/mol. The first-order valence-electron chi connectivity index (χ1n) is 3.08. The van der Waals surface area contributed by atoms with Crippen molar-refractivity contribution < 1.29 is 14.3 Å². The lowest BCUT2D eigenvalue weighted by Crippen LogP contribution is -2.06. The summed E-state index contributed by atoms with van der Waals surface area (Å²) in [6, 6.07) is 1.16. The largest absolute Gasteiger partial charge is 0.477 e. The van der Waals surface area contributed by atoms with Gasteiger partial charge in [-0.25, -0.2) is 14.2 Å². The number of aromatic carboxylic acids is 1. The van der Waals surface area contributed by atoms with Crippen molar-refractivity contribution in [1.82, 2.24) is 4.98 Å². The molecule has 0 aliphatic heterocycles. The van der Waals surface area contributed by atoms with Gasteiger partial charge in [-0.15, -0.1) is 0 Å². The van der Waals surface area contributed by atoms with Crippen LogP contribution in [0.5, 0.6) is 0 Å². The first-order valence-corrected chi connectivity index (χ1v) is 4.16. The Morgan fingerprint density at radius 2 is 2.33 bits per heavy atom. The van der Waals surface area contributed by atoms with Gasteiger partial charge in [-0.05, 0) is 41.1 Å². The normalized spacial score (nSPS) is 9.92. The third-order valence-electron chi connectivity index (χ3n) is 1.33. The van der Waals surface area contributed by atoms with E-state index in [0.29, 0.717) is 5.56 Å². The maximum Gasteiger partial charge on any atom is 0.354 e. The third kappa shape index (κ3) is 1.71. The van der Waals surface area contributed by atoms with Crippen LogP contribution in [0.25, 0.3) is 0 Å². The molecule has 3 nitrogen and oxygen atoms in total.